The number of azo groups is 2. The molecule has 0 aliphatic heterocycles. The van der Waals surface area contributed by atoms with Gasteiger partial charge in [0.05, 0.1) is 17.1 Å². The number of aryl methyl sites for hydroxylation is 1. The number of hydrogen-bond donors (Lipinski definition) is 4. The zero-order chi connectivity index (χ0) is 27.9. The van der Waals surface area contributed by atoms with Gasteiger partial charge in [-0.2, -0.15) is 21.9 Å². The molecule has 14 nitrogen and oxygen atoms in total. The lowest BCUT2D eigenvalue weighted by Gasteiger charge is -2.06. The van der Waals surface area contributed by atoms with Crippen LogP contribution in [0.3, 0.4) is 0 Å². The molecular weight excluding hydrogens is 560 g/mol. The Hall–Kier alpha value is -4.05. The Morgan fingerprint density at radius 3 is 2.03 bits per heavy atom. The molecule has 3 aromatic carbocycles. The van der Waals surface area contributed by atoms with Crippen LogP contribution in [0.4, 0.5) is 34.1 Å². The molecule has 0 aromatic heterocycles. The van der Waals surface area contributed by atoms with Crippen molar-refractivity contribution in [3.05, 3.63) is 60.2 Å². The molecule has 0 saturated heterocycles. The Morgan fingerprint density at radius 2 is 1.42 bits per heavy atom. The first-order chi connectivity index (χ1) is 17.8. The molecule has 0 aliphatic carbocycles. The van der Waals surface area contributed by atoms with Gasteiger partial charge in [0.25, 0.3) is 10.1 Å². The topological polar surface area (TPSA) is 229 Å². The number of nitrogens with zero attached hydrogens (tertiary/aromatic N) is 4. The lowest BCUT2D eigenvalue weighted by atomic mass is 10.2. The van der Waals surface area contributed by atoms with E-state index in [2.05, 4.69) is 34.9 Å². The molecule has 38 heavy (non-hydrogen) atoms. The minimum absolute atomic E-state index is 0.110. The predicted octanol–water partition coefficient (Wildman–Crippen LogP) is 5.00. The molecule has 3 rings (SSSR count). The molecule has 0 heterocycles. The normalized spacial score (nSPS) is 12.0. The van der Waals surface area contributed by atoms with Crippen LogP contribution < -0.4 is 11.5 Å². The minimum atomic E-state index is -4.85. The molecule has 0 saturated carbocycles. The van der Waals surface area contributed by atoms with Gasteiger partial charge in [-0.05, 0) is 65.5 Å². The molecular formula is C21H18N6O8S3. The van der Waals surface area contributed by atoms with Crippen LogP contribution >= 0.6 is 11.8 Å². The van der Waals surface area contributed by atoms with E-state index in [0.29, 0.717) is 17.4 Å². The van der Waals surface area contributed by atoms with Gasteiger partial charge in [0.1, 0.15) is 22.0 Å². The van der Waals surface area contributed by atoms with Crippen LogP contribution in [-0.2, 0) is 29.7 Å². The fraction of sp³-hybridized carbons (Fsp3) is 0.0476. The maximum Gasteiger partial charge on any atom is 0.433 e. The minimum Gasteiger partial charge on any atom is -0.397 e. The molecule has 0 radical (unpaired) electrons. The molecule has 0 spiro atoms. The van der Waals surface area contributed by atoms with Crippen molar-refractivity contribution in [3.63, 3.8) is 0 Å². The van der Waals surface area contributed by atoms with Gasteiger partial charge in [0.15, 0.2) is 6.11 Å². The van der Waals surface area contributed by atoms with Gasteiger partial charge >= 0.3 is 10.4 Å². The number of nitrogens with two attached hydrogens (primary N) is 2. The molecule has 17 heteroatoms. The van der Waals surface area contributed by atoms with Gasteiger partial charge in [0, 0.05) is 10.1 Å². The molecule has 0 fully saturated rings. The first-order valence-electron chi connectivity index (χ1n) is 10.0. The third kappa shape index (κ3) is 8.52. The van der Waals surface area contributed by atoms with Crippen molar-refractivity contribution in [3.8, 4) is 11.4 Å². The van der Waals surface area contributed by atoms with E-state index in [1.807, 2.05) is 19.1 Å². The third-order valence-corrected chi connectivity index (χ3v) is 6.13. The highest BCUT2D eigenvalue weighted by Gasteiger charge is 2.17. The number of rotatable bonds is 8. The Kier molecular flexibility index (Phi) is 9.00. The number of nitrogen functional groups attached to an aromatic ring is 2. The van der Waals surface area contributed by atoms with Crippen molar-refractivity contribution in [2.75, 3.05) is 11.5 Å². The molecule has 0 amide bonds. The molecule has 6 N–H and O–H groups in total. The van der Waals surface area contributed by atoms with Crippen LogP contribution in [0.15, 0.2) is 84.8 Å². The van der Waals surface area contributed by atoms with Crippen molar-refractivity contribution in [2.24, 2.45) is 20.5 Å². The first-order valence-corrected chi connectivity index (χ1v) is 13.6. The van der Waals surface area contributed by atoms with Crippen molar-refractivity contribution < 1.29 is 35.2 Å². The van der Waals surface area contributed by atoms with Crippen LogP contribution in [-0.4, -0.2) is 25.9 Å². The second-order valence-electron chi connectivity index (χ2n) is 7.20. The summed E-state index contributed by atoms with van der Waals surface area (Å²) in [5.41, 5.74) is 14.1. The second kappa shape index (κ2) is 12.0. The van der Waals surface area contributed by atoms with E-state index in [1.54, 1.807) is 18.2 Å². The SMILES string of the molecule is Cc1ccc(N=Nc2cc(N=Nc3ccc(SC#COOS(=O)(=O)O)cc3S(=O)(=O)O)c(N)cc2N)cc1. The fourth-order valence-electron chi connectivity index (χ4n) is 2.62. The smallest absolute Gasteiger partial charge is 0.397 e. The zero-order valence-electron chi connectivity index (χ0n) is 19.2. The molecule has 198 valence electrons. The second-order valence-corrected chi connectivity index (χ2v) is 10.5. The monoisotopic (exact) mass is 578 g/mol. The molecule has 0 aliphatic rings. The zero-order valence-corrected chi connectivity index (χ0v) is 21.7. The summed E-state index contributed by atoms with van der Waals surface area (Å²) in [4.78, 5) is 3.55. The standard InChI is InChI=1S/C21H18N6O8S3/c1-13-2-4-14(5-3-13)24-26-19-12-20(17(23)11-16(19)22)27-25-18-7-6-15(10-21(18)37(28,29)30)36-9-8-34-35-38(31,32)33/h2-7,10-12H,22-23H2,1H3,(H,28,29,30)(H,31,32,33). The largest absolute Gasteiger partial charge is 0.433 e. The van der Waals surface area contributed by atoms with E-state index in [-0.39, 0.29) is 33.3 Å². The van der Waals surface area contributed by atoms with E-state index in [4.69, 9.17) is 16.0 Å². The van der Waals surface area contributed by atoms with Crippen LogP contribution in [0.2, 0.25) is 0 Å². The summed E-state index contributed by atoms with van der Waals surface area (Å²) in [5.74, 6) is 0. The average Bonchev–Trinajstić information content (AvgIpc) is 2.83. The fourth-order valence-corrected chi connectivity index (χ4v) is 3.97. The number of benzene rings is 3. The lowest BCUT2D eigenvalue weighted by Crippen LogP contribution is -2.01. The Morgan fingerprint density at radius 1 is 0.816 bits per heavy atom. The number of anilines is 2. The Labute approximate surface area is 221 Å². The van der Waals surface area contributed by atoms with Crippen LogP contribution in [0, 0.1) is 18.3 Å². The highest BCUT2D eigenvalue weighted by Crippen LogP contribution is 2.36. The summed E-state index contributed by atoms with van der Waals surface area (Å²) in [6, 6.07) is 13.8. The van der Waals surface area contributed by atoms with E-state index in [0.717, 1.165) is 11.6 Å². The van der Waals surface area contributed by atoms with Crippen molar-refractivity contribution in [2.45, 2.75) is 16.7 Å². The van der Waals surface area contributed by atoms with Crippen molar-refractivity contribution in [1.82, 2.24) is 0 Å². The van der Waals surface area contributed by atoms with E-state index in [1.165, 1.54) is 24.3 Å². The Bertz CT molecular complexity index is 1680. The summed E-state index contributed by atoms with van der Waals surface area (Å²) >= 11 is 0.688. The average molecular weight is 579 g/mol. The maximum atomic E-state index is 11.9. The van der Waals surface area contributed by atoms with Crippen molar-refractivity contribution >= 4 is 66.4 Å². The summed E-state index contributed by atoms with van der Waals surface area (Å²) in [6.07, 6.45) is 1.81. The summed E-state index contributed by atoms with van der Waals surface area (Å²) in [6.45, 7) is 1.94. The van der Waals surface area contributed by atoms with Gasteiger partial charge in [-0.25, -0.2) is 0 Å². The van der Waals surface area contributed by atoms with Gasteiger partial charge in [-0.1, -0.05) is 17.7 Å². The molecule has 0 unspecified atom stereocenters. The third-order valence-electron chi connectivity index (χ3n) is 4.33. The first kappa shape index (κ1) is 28.5. The summed E-state index contributed by atoms with van der Waals surface area (Å²) < 4.78 is 66.1. The number of thioether (sulfide) groups is 1. The quantitative estimate of drug-likeness (QED) is 0.0528. The van der Waals surface area contributed by atoms with E-state index in [9.17, 15) is 21.4 Å². The Balaban J connectivity index is 1.86. The van der Waals surface area contributed by atoms with Gasteiger partial charge in [-0.15, -0.1) is 15.3 Å². The highest BCUT2D eigenvalue weighted by molar-refractivity contribution is 8.04. The number of hydrogen-bond acceptors (Lipinski definition) is 13. The molecule has 0 atom stereocenters. The summed E-state index contributed by atoms with van der Waals surface area (Å²) in [7, 11) is -9.60. The van der Waals surface area contributed by atoms with Crippen LogP contribution in [0.1, 0.15) is 5.56 Å². The van der Waals surface area contributed by atoms with Crippen molar-refractivity contribution in [1.29, 1.82) is 0 Å². The van der Waals surface area contributed by atoms with E-state index < -0.39 is 25.4 Å². The van der Waals surface area contributed by atoms with Crippen LogP contribution in [0.5, 0.6) is 0 Å². The van der Waals surface area contributed by atoms with Gasteiger partial charge < -0.3 is 11.5 Å². The lowest BCUT2D eigenvalue weighted by molar-refractivity contribution is -0.135. The predicted molar refractivity (Wildman–Crippen MR) is 138 cm³/mol. The summed E-state index contributed by atoms with van der Waals surface area (Å²) in [5, 5.41) is 18.3. The highest BCUT2D eigenvalue weighted by atomic mass is 32.3. The van der Waals surface area contributed by atoms with E-state index >= 15 is 0 Å². The van der Waals surface area contributed by atoms with Gasteiger partial charge in [0.2, 0.25) is 0 Å². The van der Waals surface area contributed by atoms with Gasteiger partial charge in [-0.3, -0.25) is 14.0 Å². The van der Waals surface area contributed by atoms with Crippen LogP contribution in [0.25, 0.3) is 0 Å². The molecule has 3 aromatic rings. The molecule has 0 bridgehead atoms. The maximum absolute atomic E-state index is 11.9.